The number of hydrogen-bond donors (Lipinski definition) is 0. The summed E-state index contributed by atoms with van der Waals surface area (Å²) >= 11 is 6.47. The average molecular weight is 488 g/mol. The van der Waals surface area contributed by atoms with Crippen molar-refractivity contribution in [1.82, 2.24) is 9.55 Å². The lowest BCUT2D eigenvalue weighted by Crippen LogP contribution is -2.35. The first kappa shape index (κ1) is 22.1. The van der Waals surface area contributed by atoms with Gasteiger partial charge in [0.05, 0.1) is 30.9 Å². The van der Waals surface area contributed by atoms with E-state index in [0.717, 1.165) is 45.5 Å². The summed E-state index contributed by atoms with van der Waals surface area (Å²) in [5.74, 6) is 0.772. The molecule has 1 fully saturated rings. The van der Waals surface area contributed by atoms with Crippen molar-refractivity contribution in [2.24, 2.45) is 10.9 Å². The fourth-order valence-corrected chi connectivity index (χ4v) is 6.04. The molecule has 2 aliphatic rings. The van der Waals surface area contributed by atoms with Crippen LogP contribution in [0, 0.1) is 5.92 Å². The highest BCUT2D eigenvalue weighted by Crippen LogP contribution is 2.45. The van der Waals surface area contributed by atoms with E-state index in [1.165, 1.54) is 12.0 Å². The molecule has 4 aromatic rings. The summed E-state index contributed by atoms with van der Waals surface area (Å²) in [6.45, 7) is 6.23. The standard InChI is InChI=1S/C28H26ClN3O3/c1-14-17-9-10-22(17)31-15(2)26(14)20-11-23-19(12-24(20)34-4)27-25(13-30-23)35-28(33)32(27)16(3)18-7-5-6-8-21(18)29/h5-8,11-13,16-17,22H,9-10H2,1-4H3/t16-,17?,22?/m1/s1. The zero-order valence-corrected chi connectivity index (χ0v) is 20.9. The van der Waals surface area contributed by atoms with Crippen LogP contribution < -0.4 is 10.5 Å². The van der Waals surface area contributed by atoms with Crippen LogP contribution in [0.25, 0.3) is 27.6 Å². The van der Waals surface area contributed by atoms with E-state index in [0.29, 0.717) is 28.1 Å². The van der Waals surface area contributed by atoms with Gasteiger partial charge in [-0.1, -0.05) is 35.4 Å². The summed E-state index contributed by atoms with van der Waals surface area (Å²) < 4.78 is 13.1. The van der Waals surface area contributed by atoms with E-state index >= 15 is 0 Å². The molecule has 2 aromatic carbocycles. The summed E-state index contributed by atoms with van der Waals surface area (Å²) in [5, 5.41) is 1.39. The molecule has 3 atom stereocenters. The Bertz CT molecular complexity index is 1630. The van der Waals surface area contributed by atoms with Gasteiger partial charge < -0.3 is 9.15 Å². The third-order valence-electron chi connectivity index (χ3n) is 7.68. The SMILES string of the molecule is COc1cc2c(cc1C1=C(C)C3CCC3N=C1C)ncc1oc(=O)n([C@H](C)c3ccccc3Cl)c12. The molecule has 0 radical (unpaired) electrons. The van der Waals surface area contributed by atoms with Crippen LogP contribution in [0.4, 0.5) is 0 Å². The maximum Gasteiger partial charge on any atom is 0.420 e. The van der Waals surface area contributed by atoms with Gasteiger partial charge in [-0.25, -0.2) is 4.79 Å². The molecule has 0 N–H and O–H groups in total. The Morgan fingerprint density at radius 3 is 2.71 bits per heavy atom. The van der Waals surface area contributed by atoms with Crippen LogP contribution in [-0.2, 0) is 0 Å². The largest absolute Gasteiger partial charge is 0.496 e. The molecule has 0 spiro atoms. The summed E-state index contributed by atoms with van der Waals surface area (Å²) in [6.07, 6.45) is 3.95. The topological polar surface area (TPSA) is 69.6 Å². The van der Waals surface area contributed by atoms with Gasteiger partial charge in [0, 0.05) is 33.2 Å². The van der Waals surface area contributed by atoms with E-state index in [2.05, 4.69) is 18.8 Å². The Labute approximate surface area is 207 Å². The predicted octanol–water partition coefficient (Wildman–Crippen LogP) is 6.44. The van der Waals surface area contributed by atoms with Crippen LogP contribution in [0.2, 0.25) is 5.02 Å². The lowest BCUT2D eigenvalue weighted by atomic mass is 9.70. The highest BCUT2D eigenvalue weighted by Gasteiger charge is 2.37. The Morgan fingerprint density at radius 2 is 2.00 bits per heavy atom. The van der Waals surface area contributed by atoms with Crippen molar-refractivity contribution in [2.75, 3.05) is 7.11 Å². The molecule has 35 heavy (non-hydrogen) atoms. The summed E-state index contributed by atoms with van der Waals surface area (Å²) in [7, 11) is 1.67. The molecule has 2 unspecified atom stereocenters. The van der Waals surface area contributed by atoms with E-state index in [9.17, 15) is 4.79 Å². The van der Waals surface area contributed by atoms with E-state index in [4.69, 9.17) is 25.7 Å². The summed E-state index contributed by atoms with van der Waals surface area (Å²) in [6, 6.07) is 11.6. The number of fused-ring (bicyclic) bond motifs is 4. The van der Waals surface area contributed by atoms with Crippen molar-refractivity contribution in [3.05, 3.63) is 74.9 Å². The minimum atomic E-state index is -0.449. The van der Waals surface area contributed by atoms with Crippen molar-refractivity contribution < 1.29 is 9.15 Å². The molecule has 3 heterocycles. The Kier molecular flexibility index (Phi) is 5.11. The monoisotopic (exact) mass is 487 g/mol. The first-order chi connectivity index (χ1) is 16.9. The second-order valence-corrected chi connectivity index (χ2v) is 9.91. The zero-order chi connectivity index (χ0) is 24.4. The summed E-state index contributed by atoms with van der Waals surface area (Å²) in [4.78, 5) is 22.6. The maximum atomic E-state index is 13.0. The van der Waals surface area contributed by atoms with Gasteiger partial charge in [-0.2, -0.15) is 0 Å². The number of halogens is 1. The van der Waals surface area contributed by atoms with Crippen molar-refractivity contribution in [1.29, 1.82) is 0 Å². The van der Waals surface area contributed by atoms with Crippen LogP contribution in [0.3, 0.4) is 0 Å². The predicted molar refractivity (Wildman–Crippen MR) is 140 cm³/mol. The van der Waals surface area contributed by atoms with Gasteiger partial charge in [-0.3, -0.25) is 14.5 Å². The number of hydrogen-bond acceptors (Lipinski definition) is 5. The highest BCUT2D eigenvalue weighted by molar-refractivity contribution is 6.31. The normalized spacial score (nSPS) is 20.5. The van der Waals surface area contributed by atoms with Gasteiger partial charge in [0.2, 0.25) is 0 Å². The number of oxazole rings is 1. The molecule has 1 aliphatic carbocycles. The van der Waals surface area contributed by atoms with E-state index in [-0.39, 0.29) is 6.04 Å². The molecule has 0 bridgehead atoms. The molecule has 6 rings (SSSR count). The quantitative estimate of drug-likeness (QED) is 0.332. The Balaban J connectivity index is 1.60. The van der Waals surface area contributed by atoms with Crippen LogP contribution in [-0.4, -0.2) is 28.4 Å². The summed E-state index contributed by atoms with van der Waals surface area (Å²) in [5.41, 5.74) is 7.23. The molecule has 7 heteroatoms. The molecule has 1 saturated carbocycles. The fourth-order valence-electron chi connectivity index (χ4n) is 5.75. The second kappa shape index (κ2) is 8.09. The Hall–Kier alpha value is -3.38. The van der Waals surface area contributed by atoms with Gasteiger partial charge >= 0.3 is 5.76 Å². The third-order valence-corrected chi connectivity index (χ3v) is 8.03. The Morgan fingerprint density at radius 1 is 1.20 bits per heavy atom. The first-order valence-corrected chi connectivity index (χ1v) is 12.3. The first-order valence-electron chi connectivity index (χ1n) is 11.9. The van der Waals surface area contributed by atoms with Crippen molar-refractivity contribution in [2.45, 2.75) is 45.7 Å². The van der Waals surface area contributed by atoms with E-state index in [1.807, 2.05) is 43.3 Å². The molecule has 0 amide bonds. The number of dihydropyridines is 1. The number of benzene rings is 2. The number of ether oxygens (including phenoxy) is 1. The van der Waals surface area contributed by atoms with Gasteiger partial charge in [-0.05, 0) is 57.4 Å². The maximum absolute atomic E-state index is 13.0. The van der Waals surface area contributed by atoms with Crippen molar-refractivity contribution in [3.63, 3.8) is 0 Å². The van der Waals surface area contributed by atoms with Crippen LogP contribution >= 0.6 is 11.6 Å². The molecule has 1 aliphatic heterocycles. The van der Waals surface area contributed by atoms with Gasteiger partial charge in [0.1, 0.15) is 11.3 Å². The third kappa shape index (κ3) is 3.27. The number of aliphatic imine (C=N–C) groups is 1. The van der Waals surface area contributed by atoms with Gasteiger partial charge in [0.25, 0.3) is 0 Å². The molecule has 178 valence electrons. The van der Waals surface area contributed by atoms with Crippen LogP contribution in [0.5, 0.6) is 5.75 Å². The minimum Gasteiger partial charge on any atom is -0.496 e. The van der Waals surface area contributed by atoms with Crippen LogP contribution in [0.15, 0.2) is 62.4 Å². The zero-order valence-electron chi connectivity index (χ0n) is 20.1. The number of allylic oxidation sites excluding steroid dienone is 1. The number of methoxy groups -OCH3 is 1. The lowest BCUT2D eigenvalue weighted by molar-refractivity contribution is 0.301. The van der Waals surface area contributed by atoms with E-state index in [1.54, 1.807) is 17.9 Å². The van der Waals surface area contributed by atoms with Gasteiger partial charge in [-0.15, -0.1) is 0 Å². The van der Waals surface area contributed by atoms with Crippen LogP contribution in [0.1, 0.15) is 50.8 Å². The lowest BCUT2D eigenvalue weighted by Gasteiger charge is -2.40. The number of nitrogens with zero attached hydrogens (tertiary/aromatic N) is 3. The number of pyridine rings is 1. The minimum absolute atomic E-state index is 0.332. The average Bonchev–Trinajstić information content (AvgIpc) is 3.17. The molecular formula is C28H26ClN3O3. The highest BCUT2D eigenvalue weighted by atomic mass is 35.5. The van der Waals surface area contributed by atoms with E-state index < -0.39 is 5.76 Å². The second-order valence-electron chi connectivity index (χ2n) is 9.50. The molecular weight excluding hydrogens is 462 g/mol. The van der Waals surface area contributed by atoms with Crippen molar-refractivity contribution in [3.8, 4) is 5.75 Å². The van der Waals surface area contributed by atoms with Crippen molar-refractivity contribution >= 4 is 44.9 Å². The number of aromatic nitrogens is 2. The number of rotatable bonds is 4. The molecule has 0 saturated heterocycles. The smallest absolute Gasteiger partial charge is 0.420 e. The molecule has 2 aromatic heterocycles. The molecule has 6 nitrogen and oxygen atoms in total. The van der Waals surface area contributed by atoms with Gasteiger partial charge in [0.15, 0.2) is 5.58 Å². The fraction of sp³-hybridized carbons (Fsp3) is 0.321.